The molecule has 0 aliphatic carbocycles. The first-order valence-corrected chi connectivity index (χ1v) is 2.72. The molecule has 1 amide bonds. The highest BCUT2D eigenvalue weighted by atomic mass is 16.7. The van der Waals surface area contributed by atoms with Gasteiger partial charge in [0.2, 0.25) is 5.91 Å². The van der Waals surface area contributed by atoms with E-state index in [1.807, 2.05) is 0 Å². The summed E-state index contributed by atoms with van der Waals surface area (Å²) < 4.78 is 7.30. The molecule has 54 valence electrons. The zero-order valence-corrected chi connectivity index (χ0v) is 6.26. The Bertz CT molecular complexity index is 130. The maximum Gasteiger partial charge on any atom is 0.248 e. The van der Waals surface area contributed by atoms with Crippen LogP contribution in [0.25, 0.3) is 0 Å². The monoisotopic (exact) mass is 132 g/mol. The molecule has 0 aromatic rings. The predicted molar refractivity (Wildman–Crippen MR) is 34.6 cm³/mol. The third kappa shape index (κ3) is 2.46. The van der Waals surface area contributed by atoms with Gasteiger partial charge < -0.3 is 0 Å². The molecule has 0 heterocycles. The van der Waals surface area contributed by atoms with Crippen LogP contribution in [-0.2, 0) is 9.63 Å². The van der Waals surface area contributed by atoms with Crippen LogP contribution >= 0.6 is 0 Å². The standard InChI is InChI=1S/C6H13NO2/c1-5(2)6(8)7(3)9-4/h5H,1-4H3/i5D. The lowest BCUT2D eigenvalue weighted by Crippen LogP contribution is -2.29. The first kappa shape index (κ1) is 6.55. The SMILES string of the molecule is [2H]C(C)(C)C(=O)N(C)OC. The predicted octanol–water partition coefficient (Wildman–Crippen LogP) is 0.662. The summed E-state index contributed by atoms with van der Waals surface area (Å²) in [6.07, 6.45) is 0. The number of hydrogen-bond acceptors (Lipinski definition) is 2. The van der Waals surface area contributed by atoms with Crippen molar-refractivity contribution < 1.29 is 11.0 Å². The van der Waals surface area contributed by atoms with Crippen LogP contribution in [0.15, 0.2) is 0 Å². The molecule has 3 heteroatoms. The highest BCUT2D eigenvalue weighted by Crippen LogP contribution is 1.97. The zero-order chi connectivity index (χ0) is 8.36. The van der Waals surface area contributed by atoms with E-state index in [0.29, 0.717) is 0 Å². The molecule has 0 saturated heterocycles. The summed E-state index contributed by atoms with van der Waals surface area (Å²) >= 11 is 0. The van der Waals surface area contributed by atoms with Gasteiger partial charge in [0.25, 0.3) is 0 Å². The highest BCUT2D eigenvalue weighted by Gasteiger charge is 2.10. The molecule has 0 N–H and O–H groups in total. The van der Waals surface area contributed by atoms with Gasteiger partial charge in [0, 0.05) is 14.3 Å². The topological polar surface area (TPSA) is 29.5 Å². The number of carbonyl (C=O) groups is 1. The average molecular weight is 132 g/mol. The first-order valence-electron chi connectivity index (χ1n) is 3.22. The molecule has 0 aliphatic heterocycles. The number of hydrogen-bond donors (Lipinski definition) is 0. The number of nitrogens with zero attached hydrogens (tertiary/aromatic N) is 1. The fourth-order valence-electron chi connectivity index (χ4n) is 0.398. The maximum atomic E-state index is 11.0. The van der Waals surface area contributed by atoms with Gasteiger partial charge >= 0.3 is 0 Å². The lowest BCUT2D eigenvalue weighted by Gasteiger charge is -2.15. The third-order valence-electron chi connectivity index (χ3n) is 0.988. The van der Waals surface area contributed by atoms with Gasteiger partial charge in [-0.05, 0) is 0 Å². The van der Waals surface area contributed by atoms with Crippen molar-refractivity contribution in [3.05, 3.63) is 0 Å². The highest BCUT2D eigenvalue weighted by molar-refractivity contribution is 5.76. The molecule has 0 bridgehead atoms. The summed E-state index contributed by atoms with van der Waals surface area (Å²) in [5.74, 6) is -1.46. The summed E-state index contributed by atoms with van der Waals surface area (Å²) in [5.41, 5.74) is 0. The fourth-order valence-corrected chi connectivity index (χ4v) is 0.398. The van der Waals surface area contributed by atoms with Gasteiger partial charge in [-0.25, -0.2) is 5.06 Å². The van der Waals surface area contributed by atoms with E-state index in [0.717, 1.165) is 5.06 Å². The van der Waals surface area contributed by atoms with Crippen LogP contribution in [0.1, 0.15) is 15.2 Å². The zero-order valence-electron chi connectivity index (χ0n) is 7.26. The molecule has 0 aliphatic rings. The molecule has 3 nitrogen and oxygen atoms in total. The van der Waals surface area contributed by atoms with Gasteiger partial charge in [-0.3, -0.25) is 9.63 Å². The van der Waals surface area contributed by atoms with E-state index in [-0.39, 0.29) is 5.91 Å². The third-order valence-corrected chi connectivity index (χ3v) is 0.988. The molecule has 0 fully saturated rings. The molecule has 0 unspecified atom stereocenters. The molecule has 0 radical (unpaired) electrons. The lowest BCUT2D eigenvalue weighted by molar-refractivity contribution is -0.172. The number of rotatable bonds is 2. The van der Waals surface area contributed by atoms with Crippen LogP contribution < -0.4 is 0 Å². The minimum Gasteiger partial charge on any atom is -0.275 e. The molecular formula is C6H13NO2. The van der Waals surface area contributed by atoms with E-state index in [1.165, 1.54) is 28.0 Å². The Labute approximate surface area is 57.0 Å². The maximum absolute atomic E-state index is 11.0. The van der Waals surface area contributed by atoms with Crippen LogP contribution in [-0.4, -0.2) is 25.1 Å². The van der Waals surface area contributed by atoms with E-state index in [1.54, 1.807) is 0 Å². The molecular weight excluding hydrogens is 118 g/mol. The van der Waals surface area contributed by atoms with Gasteiger partial charge in [-0.15, -0.1) is 0 Å². The second-order valence-corrected chi connectivity index (χ2v) is 1.99. The lowest BCUT2D eigenvalue weighted by atomic mass is 10.2. The van der Waals surface area contributed by atoms with Gasteiger partial charge in [0.1, 0.15) is 0 Å². The van der Waals surface area contributed by atoms with Crippen LogP contribution in [0.3, 0.4) is 0 Å². The molecule has 0 aromatic carbocycles. The number of amides is 1. The first-order chi connectivity index (χ1) is 4.39. The minimum atomic E-state index is -1.11. The smallest absolute Gasteiger partial charge is 0.248 e. The van der Waals surface area contributed by atoms with Crippen molar-refractivity contribution in [1.82, 2.24) is 5.06 Å². The Kier molecular flexibility index (Phi) is 2.51. The normalized spacial score (nSPS) is 12.7. The summed E-state index contributed by atoms with van der Waals surface area (Å²) in [4.78, 5) is 15.6. The second-order valence-electron chi connectivity index (χ2n) is 1.99. The molecule has 0 atom stereocenters. The summed E-state index contributed by atoms with van der Waals surface area (Å²) in [5, 5.41) is 1.05. The van der Waals surface area contributed by atoms with Crippen molar-refractivity contribution in [1.29, 1.82) is 0 Å². The quantitative estimate of drug-likeness (QED) is 0.516. The fraction of sp³-hybridized carbons (Fsp3) is 0.833. The van der Waals surface area contributed by atoms with Crippen LogP contribution in [0.5, 0.6) is 0 Å². The van der Waals surface area contributed by atoms with Gasteiger partial charge in [0.15, 0.2) is 0 Å². The van der Waals surface area contributed by atoms with E-state index in [9.17, 15) is 4.79 Å². The van der Waals surface area contributed by atoms with E-state index >= 15 is 0 Å². The Morgan fingerprint density at radius 1 is 1.78 bits per heavy atom. The Hall–Kier alpha value is -0.570. The van der Waals surface area contributed by atoms with Crippen LogP contribution in [0, 0.1) is 5.89 Å². The Morgan fingerprint density at radius 2 is 2.22 bits per heavy atom. The van der Waals surface area contributed by atoms with Crippen molar-refractivity contribution in [2.24, 2.45) is 5.89 Å². The number of hydroxylamine groups is 2. The van der Waals surface area contributed by atoms with E-state index < -0.39 is 5.89 Å². The number of carbonyl (C=O) groups excluding carboxylic acids is 1. The largest absolute Gasteiger partial charge is 0.275 e. The Balaban J connectivity index is 4.09. The minimum absolute atomic E-state index is 0.352. The van der Waals surface area contributed by atoms with Crippen molar-refractivity contribution in [3.63, 3.8) is 0 Å². The molecule has 0 aromatic heterocycles. The molecule has 0 rings (SSSR count). The van der Waals surface area contributed by atoms with Crippen molar-refractivity contribution >= 4 is 5.91 Å². The van der Waals surface area contributed by atoms with Crippen LogP contribution in [0.2, 0.25) is 0 Å². The summed E-state index contributed by atoms with van der Waals surface area (Å²) in [7, 11) is 2.88. The van der Waals surface area contributed by atoms with Crippen molar-refractivity contribution in [2.75, 3.05) is 14.2 Å². The van der Waals surface area contributed by atoms with Crippen LogP contribution in [0.4, 0.5) is 0 Å². The van der Waals surface area contributed by atoms with Gasteiger partial charge in [0.05, 0.1) is 7.11 Å². The van der Waals surface area contributed by atoms with Gasteiger partial charge in [-0.2, -0.15) is 0 Å². The summed E-state index contributed by atoms with van der Waals surface area (Å²) in [6.45, 7) is 3.04. The van der Waals surface area contributed by atoms with Crippen molar-refractivity contribution in [3.8, 4) is 0 Å². The molecule has 9 heavy (non-hydrogen) atoms. The van der Waals surface area contributed by atoms with Crippen molar-refractivity contribution in [2.45, 2.75) is 13.8 Å². The Morgan fingerprint density at radius 3 is 2.33 bits per heavy atom. The second kappa shape index (κ2) is 3.45. The van der Waals surface area contributed by atoms with Gasteiger partial charge in [-0.1, -0.05) is 13.8 Å². The average Bonchev–Trinajstić information content (AvgIpc) is 1.83. The van der Waals surface area contributed by atoms with E-state index in [2.05, 4.69) is 4.84 Å². The van der Waals surface area contributed by atoms with E-state index in [4.69, 9.17) is 1.37 Å². The molecule has 0 saturated carbocycles. The molecule has 0 spiro atoms. The summed E-state index contributed by atoms with van der Waals surface area (Å²) in [6, 6.07) is 0.